The zero-order chi connectivity index (χ0) is 13.8. The predicted octanol–water partition coefficient (Wildman–Crippen LogP) is 2.12. The van der Waals surface area contributed by atoms with Crippen LogP contribution in [0.15, 0.2) is 34.0 Å². The highest BCUT2D eigenvalue weighted by Crippen LogP contribution is 2.15. The summed E-state index contributed by atoms with van der Waals surface area (Å²) in [6.45, 7) is 3.52. The summed E-state index contributed by atoms with van der Waals surface area (Å²) >= 11 is 0. The smallest absolute Gasteiger partial charge is 0.269 e. The van der Waals surface area contributed by atoms with Gasteiger partial charge >= 0.3 is 0 Å². The molecule has 98 valence electrons. The number of aryl methyl sites for hydroxylation is 1. The van der Waals surface area contributed by atoms with Crippen LogP contribution in [-0.4, -0.2) is 20.9 Å². The van der Waals surface area contributed by atoms with Crippen molar-refractivity contribution in [2.24, 2.45) is 5.10 Å². The molecule has 0 atom stereocenters. The lowest BCUT2D eigenvalue weighted by atomic mass is 10.2. The Labute approximate surface area is 108 Å². The molecule has 8 heteroatoms. The van der Waals surface area contributed by atoms with Gasteiger partial charge < -0.3 is 0 Å². The Morgan fingerprint density at radius 3 is 2.58 bits per heavy atom. The van der Waals surface area contributed by atoms with Crippen LogP contribution in [0.1, 0.15) is 18.3 Å². The molecule has 0 spiro atoms. The molecule has 0 fully saturated rings. The highest BCUT2D eigenvalue weighted by molar-refractivity contribution is 5.98. The quantitative estimate of drug-likeness (QED) is 0.513. The van der Waals surface area contributed by atoms with Crippen LogP contribution in [0, 0.1) is 17.0 Å². The van der Waals surface area contributed by atoms with Crippen molar-refractivity contribution in [2.75, 3.05) is 5.43 Å². The lowest BCUT2D eigenvalue weighted by Gasteiger charge is -2.01. The molecule has 0 aliphatic carbocycles. The largest absolute Gasteiger partial charge is 0.278 e. The molecule has 1 aromatic carbocycles. The number of hydrogen-bond acceptors (Lipinski definition) is 7. The third kappa shape index (κ3) is 2.92. The summed E-state index contributed by atoms with van der Waals surface area (Å²) in [6.07, 6.45) is 0. The van der Waals surface area contributed by atoms with Crippen molar-refractivity contribution in [3.05, 3.63) is 45.8 Å². The first-order chi connectivity index (χ1) is 9.08. The first-order valence-electron chi connectivity index (χ1n) is 5.42. The van der Waals surface area contributed by atoms with Crippen molar-refractivity contribution in [2.45, 2.75) is 13.8 Å². The van der Waals surface area contributed by atoms with Gasteiger partial charge in [0.05, 0.1) is 16.3 Å². The normalized spacial score (nSPS) is 11.4. The highest BCUT2D eigenvalue weighted by Gasteiger charge is 2.08. The van der Waals surface area contributed by atoms with Crippen molar-refractivity contribution in [1.29, 1.82) is 0 Å². The number of aromatic nitrogens is 2. The fourth-order valence-corrected chi connectivity index (χ4v) is 1.42. The average Bonchev–Trinajstić information content (AvgIpc) is 2.83. The standard InChI is InChI=1S/C11H11N5O3/c1-7(11-8(2)14-19-15-11)12-13-9-3-5-10(6-4-9)16(17)18/h3-6,13H,1-2H3/b12-7+. The summed E-state index contributed by atoms with van der Waals surface area (Å²) in [7, 11) is 0. The summed E-state index contributed by atoms with van der Waals surface area (Å²) < 4.78 is 4.58. The minimum Gasteiger partial charge on any atom is -0.278 e. The van der Waals surface area contributed by atoms with Crippen LogP contribution in [0.25, 0.3) is 0 Å². The minimum atomic E-state index is -0.456. The molecule has 1 heterocycles. The lowest BCUT2D eigenvalue weighted by Crippen LogP contribution is -2.02. The number of benzene rings is 1. The van der Waals surface area contributed by atoms with E-state index < -0.39 is 4.92 Å². The van der Waals surface area contributed by atoms with Crippen molar-refractivity contribution < 1.29 is 9.55 Å². The molecule has 2 aromatic rings. The van der Waals surface area contributed by atoms with Gasteiger partial charge in [0.1, 0.15) is 5.69 Å². The fraction of sp³-hybridized carbons (Fsp3) is 0.182. The van der Waals surface area contributed by atoms with E-state index in [1.807, 2.05) is 0 Å². The van der Waals surface area contributed by atoms with Crippen molar-refractivity contribution in [3.8, 4) is 0 Å². The molecule has 0 saturated carbocycles. The average molecular weight is 261 g/mol. The second-order valence-corrected chi connectivity index (χ2v) is 3.81. The van der Waals surface area contributed by atoms with Gasteiger partial charge in [0.25, 0.3) is 5.69 Å². The van der Waals surface area contributed by atoms with Crippen LogP contribution in [-0.2, 0) is 0 Å². The molecule has 1 aromatic heterocycles. The van der Waals surface area contributed by atoms with Crippen LogP contribution in [0.5, 0.6) is 0 Å². The maximum Gasteiger partial charge on any atom is 0.269 e. The van der Waals surface area contributed by atoms with E-state index >= 15 is 0 Å². The van der Waals surface area contributed by atoms with E-state index in [-0.39, 0.29) is 5.69 Å². The van der Waals surface area contributed by atoms with Crippen LogP contribution in [0.4, 0.5) is 11.4 Å². The number of nitro groups is 1. The van der Waals surface area contributed by atoms with E-state index in [0.29, 0.717) is 22.8 Å². The zero-order valence-electron chi connectivity index (χ0n) is 10.3. The molecule has 1 N–H and O–H groups in total. The molecule has 2 rings (SSSR count). The zero-order valence-corrected chi connectivity index (χ0v) is 10.3. The monoisotopic (exact) mass is 261 g/mol. The summed E-state index contributed by atoms with van der Waals surface area (Å²) in [5.41, 5.74) is 5.27. The van der Waals surface area contributed by atoms with Gasteiger partial charge in [-0.25, -0.2) is 4.63 Å². The number of nitro benzene ring substituents is 1. The predicted molar refractivity (Wildman–Crippen MR) is 68.0 cm³/mol. The molecular weight excluding hydrogens is 250 g/mol. The number of nitrogens with one attached hydrogen (secondary N) is 1. The highest BCUT2D eigenvalue weighted by atomic mass is 16.6. The summed E-state index contributed by atoms with van der Waals surface area (Å²) in [5.74, 6) is 0. The summed E-state index contributed by atoms with van der Waals surface area (Å²) in [6, 6.07) is 5.94. The molecule has 0 unspecified atom stereocenters. The Morgan fingerprint density at radius 2 is 2.05 bits per heavy atom. The fourth-order valence-electron chi connectivity index (χ4n) is 1.42. The Bertz CT molecular complexity index is 618. The molecule has 0 aliphatic heterocycles. The van der Waals surface area contributed by atoms with E-state index in [9.17, 15) is 10.1 Å². The van der Waals surface area contributed by atoms with Gasteiger partial charge in [-0.3, -0.25) is 15.5 Å². The molecule has 8 nitrogen and oxygen atoms in total. The van der Waals surface area contributed by atoms with Crippen LogP contribution in [0.2, 0.25) is 0 Å². The number of rotatable bonds is 4. The van der Waals surface area contributed by atoms with Gasteiger partial charge in [-0.2, -0.15) is 5.10 Å². The van der Waals surface area contributed by atoms with E-state index in [0.717, 1.165) is 0 Å². The van der Waals surface area contributed by atoms with Crippen molar-refractivity contribution >= 4 is 17.1 Å². The van der Waals surface area contributed by atoms with Gasteiger partial charge in [0.2, 0.25) is 0 Å². The molecule has 0 saturated heterocycles. The first kappa shape index (κ1) is 12.7. The number of hydrogen-bond donors (Lipinski definition) is 1. The maximum atomic E-state index is 10.5. The summed E-state index contributed by atoms with van der Waals surface area (Å²) in [4.78, 5) is 10.0. The third-order valence-corrected chi connectivity index (χ3v) is 2.43. The van der Waals surface area contributed by atoms with Crippen LogP contribution in [0.3, 0.4) is 0 Å². The second kappa shape index (κ2) is 5.25. The van der Waals surface area contributed by atoms with E-state index in [2.05, 4.69) is 25.5 Å². The third-order valence-electron chi connectivity index (χ3n) is 2.43. The van der Waals surface area contributed by atoms with Gasteiger partial charge in [-0.1, -0.05) is 5.16 Å². The topological polar surface area (TPSA) is 106 Å². The maximum absolute atomic E-state index is 10.5. The Morgan fingerprint density at radius 1 is 1.37 bits per heavy atom. The lowest BCUT2D eigenvalue weighted by molar-refractivity contribution is -0.384. The molecule has 0 bridgehead atoms. The van der Waals surface area contributed by atoms with Crippen LogP contribution >= 0.6 is 0 Å². The van der Waals surface area contributed by atoms with Gasteiger partial charge in [-0.15, -0.1) is 0 Å². The second-order valence-electron chi connectivity index (χ2n) is 3.81. The number of anilines is 1. The molecular formula is C11H11N5O3. The number of non-ortho nitro benzene ring substituents is 1. The summed E-state index contributed by atoms with van der Waals surface area (Å²) in [5, 5.41) is 22.0. The molecule has 0 amide bonds. The van der Waals surface area contributed by atoms with E-state index in [1.165, 1.54) is 12.1 Å². The SMILES string of the molecule is C/C(=N\Nc1ccc([N+](=O)[O-])cc1)c1nonc1C. The Kier molecular flexibility index (Phi) is 3.51. The van der Waals surface area contributed by atoms with E-state index in [4.69, 9.17) is 0 Å². The Balaban J connectivity index is 2.10. The number of hydrazone groups is 1. The van der Waals surface area contributed by atoms with Crippen molar-refractivity contribution in [3.63, 3.8) is 0 Å². The van der Waals surface area contributed by atoms with Crippen LogP contribution < -0.4 is 5.43 Å². The van der Waals surface area contributed by atoms with Gasteiger partial charge in [0.15, 0.2) is 5.69 Å². The van der Waals surface area contributed by atoms with Gasteiger partial charge in [0, 0.05) is 12.1 Å². The number of nitrogens with zero attached hydrogens (tertiary/aromatic N) is 4. The molecule has 0 radical (unpaired) electrons. The van der Waals surface area contributed by atoms with E-state index in [1.54, 1.807) is 26.0 Å². The molecule has 19 heavy (non-hydrogen) atoms. The Hall–Kier alpha value is -2.77. The molecule has 0 aliphatic rings. The first-order valence-corrected chi connectivity index (χ1v) is 5.42. The minimum absolute atomic E-state index is 0.0304. The van der Waals surface area contributed by atoms with Crippen molar-refractivity contribution in [1.82, 2.24) is 10.3 Å². The van der Waals surface area contributed by atoms with Gasteiger partial charge in [-0.05, 0) is 31.1 Å².